The molecule has 0 aliphatic heterocycles. The highest BCUT2D eigenvalue weighted by Crippen LogP contribution is 2.45. The van der Waals surface area contributed by atoms with Gasteiger partial charge < -0.3 is 0 Å². The van der Waals surface area contributed by atoms with E-state index in [1.165, 1.54) is 0 Å². The van der Waals surface area contributed by atoms with Crippen molar-refractivity contribution in [3.63, 3.8) is 0 Å². The number of alkyl halides is 12. The SMILES string of the molecule is FC(F)(F)c1cc(P(CCCP(c2ccccc2)c2ccccc2)c2cc(C(F)(F)F)cc(C(F)(F)F)c2)cc(C(F)(F)F)c1. The predicted octanol–water partition coefficient (Wildman–Crippen LogP) is 9.72. The molecule has 0 spiro atoms. The molecule has 0 nitrogen and oxygen atoms in total. The molecule has 0 bridgehead atoms. The highest BCUT2D eigenvalue weighted by atomic mass is 31.1. The molecule has 0 fully saturated rings. The van der Waals surface area contributed by atoms with Crippen LogP contribution in [0.4, 0.5) is 52.7 Å². The number of benzene rings is 4. The van der Waals surface area contributed by atoms with Crippen molar-refractivity contribution >= 4 is 37.1 Å². The van der Waals surface area contributed by atoms with Crippen LogP contribution in [-0.4, -0.2) is 12.3 Å². The number of hydrogen-bond donors (Lipinski definition) is 0. The highest BCUT2D eigenvalue weighted by molar-refractivity contribution is 7.74. The lowest BCUT2D eigenvalue weighted by atomic mass is 10.1. The van der Waals surface area contributed by atoms with Crippen LogP contribution in [-0.2, 0) is 24.7 Å². The molecule has 0 unspecified atom stereocenters. The van der Waals surface area contributed by atoms with Crippen molar-refractivity contribution in [2.75, 3.05) is 12.3 Å². The molecule has 0 amide bonds. The summed E-state index contributed by atoms with van der Waals surface area (Å²) in [7, 11) is -3.69. The van der Waals surface area contributed by atoms with Crippen LogP contribution < -0.4 is 21.2 Å². The summed E-state index contributed by atoms with van der Waals surface area (Å²) in [6.45, 7) is 0. The monoisotopic (exact) mass is 684 g/mol. The van der Waals surface area contributed by atoms with Gasteiger partial charge in [-0.3, -0.25) is 0 Å². The summed E-state index contributed by atoms with van der Waals surface area (Å²) in [6, 6.07) is 19.3. The van der Waals surface area contributed by atoms with Crippen molar-refractivity contribution in [3.8, 4) is 0 Å². The van der Waals surface area contributed by atoms with Gasteiger partial charge in [-0.15, -0.1) is 0 Å². The van der Waals surface area contributed by atoms with Crippen LogP contribution in [0.5, 0.6) is 0 Å². The average Bonchev–Trinajstić information content (AvgIpc) is 2.96. The molecule has 0 aromatic heterocycles. The van der Waals surface area contributed by atoms with E-state index < -0.39 is 73.4 Å². The smallest absolute Gasteiger partial charge is 0.166 e. The van der Waals surface area contributed by atoms with Gasteiger partial charge in [-0.2, -0.15) is 52.7 Å². The quantitative estimate of drug-likeness (QED) is 0.128. The maximum atomic E-state index is 13.7. The Bertz CT molecular complexity index is 1400. The van der Waals surface area contributed by atoms with Crippen LogP contribution in [0.15, 0.2) is 97.1 Å². The molecule has 0 atom stereocenters. The van der Waals surface area contributed by atoms with Crippen LogP contribution in [0.3, 0.4) is 0 Å². The van der Waals surface area contributed by atoms with Crippen molar-refractivity contribution in [2.24, 2.45) is 0 Å². The third-order valence-corrected chi connectivity index (χ3v) is 11.8. The lowest BCUT2D eigenvalue weighted by molar-refractivity contribution is -0.144. The molecule has 240 valence electrons. The van der Waals surface area contributed by atoms with Gasteiger partial charge in [0, 0.05) is 0 Å². The van der Waals surface area contributed by atoms with Gasteiger partial charge in [0.15, 0.2) is 0 Å². The molecule has 14 heteroatoms. The molecule has 4 aromatic rings. The number of hydrogen-bond acceptors (Lipinski definition) is 0. The van der Waals surface area contributed by atoms with Crippen molar-refractivity contribution < 1.29 is 52.7 Å². The molecule has 4 aromatic carbocycles. The van der Waals surface area contributed by atoms with Crippen LogP contribution in [0.1, 0.15) is 28.7 Å². The fourth-order valence-electron chi connectivity index (χ4n) is 4.61. The molecule has 0 aliphatic rings. The molecule has 0 radical (unpaired) electrons. The van der Waals surface area contributed by atoms with E-state index in [1.807, 2.05) is 24.3 Å². The van der Waals surface area contributed by atoms with Gasteiger partial charge in [0.05, 0.1) is 22.3 Å². The Morgan fingerprint density at radius 3 is 0.889 bits per heavy atom. The Morgan fingerprint density at radius 2 is 0.622 bits per heavy atom. The fraction of sp³-hybridized carbons (Fsp3) is 0.226. The predicted molar refractivity (Wildman–Crippen MR) is 153 cm³/mol. The van der Waals surface area contributed by atoms with Gasteiger partial charge >= 0.3 is 24.7 Å². The topological polar surface area (TPSA) is 0 Å². The third kappa shape index (κ3) is 9.01. The molecule has 4 rings (SSSR count). The van der Waals surface area contributed by atoms with Gasteiger partial charge in [0.2, 0.25) is 0 Å². The van der Waals surface area contributed by atoms with E-state index in [0.29, 0.717) is 30.4 Å². The summed E-state index contributed by atoms with van der Waals surface area (Å²) >= 11 is 0. The van der Waals surface area contributed by atoms with Gasteiger partial charge in [0.25, 0.3) is 0 Å². The summed E-state index contributed by atoms with van der Waals surface area (Å²) in [5.74, 6) is 0. The average molecular weight is 684 g/mol. The zero-order valence-corrected chi connectivity index (χ0v) is 24.6. The van der Waals surface area contributed by atoms with E-state index in [2.05, 4.69) is 0 Å². The van der Waals surface area contributed by atoms with Crippen LogP contribution >= 0.6 is 15.8 Å². The molecule has 45 heavy (non-hydrogen) atoms. The first-order valence-electron chi connectivity index (χ1n) is 13.1. The summed E-state index contributed by atoms with van der Waals surface area (Å²) in [4.78, 5) is 0. The van der Waals surface area contributed by atoms with E-state index in [1.54, 1.807) is 36.4 Å². The van der Waals surface area contributed by atoms with Gasteiger partial charge in [-0.05, 0) is 92.2 Å². The second-order valence-corrected chi connectivity index (χ2v) is 14.5. The van der Waals surface area contributed by atoms with Crippen LogP contribution in [0, 0.1) is 0 Å². The van der Waals surface area contributed by atoms with Crippen LogP contribution in [0.25, 0.3) is 0 Å². The van der Waals surface area contributed by atoms with Crippen molar-refractivity contribution in [2.45, 2.75) is 31.1 Å². The molecule has 0 heterocycles. The molecular formula is C31H22F12P2. The van der Waals surface area contributed by atoms with Gasteiger partial charge in [0.1, 0.15) is 0 Å². The Balaban J connectivity index is 1.85. The Kier molecular flexibility index (Phi) is 10.3. The second-order valence-electron chi connectivity index (χ2n) is 9.86. The molecule has 0 N–H and O–H groups in total. The zero-order chi connectivity index (χ0) is 33.2. The van der Waals surface area contributed by atoms with Crippen molar-refractivity contribution in [1.29, 1.82) is 0 Å². The highest BCUT2D eigenvalue weighted by Gasteiger charge is 2.40. The first-order valence-corrected chi connectivity index (χ1v) is 16.1. The minimum absolute atomic E-state index is 0.0798. The first kappa shape index (κ1) is 34.8. The van der Waals surface area contributed by atoms with Crippen molar-refractivity contribution in [1.82, 2.24) is 0 Å². The Morgan fingerprint density at radius 1 is 0.356 bits per heavy atom. The molecular weight excluding hydrogens is 662 g/mol. The Labute approximate surface area is 252 Å². The standard InChI is InChI=1S/C31H22F12P2/c32-28(33,34)20-14-21(29(35,36)37)17-26(16-20)45(27-18-22(30(38,39)40)15-23(19-27)31(41,42)43)13-7-12-44(24-8-3-1-4-9-24)25-10-5-2-6-11-25/h1-6,8-11,14-19H,7,12-13H2. The van der Waals surface area contributed by atoms with Gasteiger partial charge in [-0.25, -0.2) is 0 Å². The first-order chi connectivity index (χ1) is 20.8. The lowest BCUT2D eigenvalue weighted by Gasteiger charge is -2.25. The normalized spacial score (nSPS) is 13.1. The zero-order valence-electron chi connectivity index (χ0n) is 22.8. The van der Waals surface area contributed by atoms with E-state index in [-0.39, 0.29) is 24.7 Å². The number of halogens is 12. The lowest BCUT2D eigenvalue weighted by Crippen LogP contribution is -2.23. The van der Waals surface area contributed by atoms with E-state index in [4.69, 9.17) is 0 Å². The largest absolute Gasteiger partial charge is 0.416 e. The number of rotatable bonds is 8. The van der Waals surface area contributed by atoms with E-state index in [0.717, 1.165) is 10.6 Å². The molecule has 0 aliphatic carbocycles. The fourth-order valence-corrected chi connectivity index (χ4v) is 9.68. The summed E-state index contributed by atoms with van der Waals surface area (Å²) in [5.41, 5.74) is -6.84. The molecule has 0 saturated carbocycles. The second kappa shape index (κ2) is 13.3. The van der Waals surface area contributed by atoms with Gasteiger partial charge in [-0.1, -0.05) is 60.7 Å². The van der Waals surface area contributed by atoms with Crippen LogP contribution in [0.2, 0.25) is 0 Å². The maximum absolute atomic E-state index is 13.7. The van der Waals surface area contributed by atoms with E-state index in [9.17, 15) is 52.7 Å². The molecule has 0 saturated heterocycles. The summed E-state index contributed by atoms with van der Waals surface area (Å²) in [5, 5.41) is 0.506. The third-order valence-electron chi connectivity index (χ3n) is 6.67. The minimum atomic E-state index is -5.27. The Hall–Kier alpha value is -3.10. The van der Waals surface area contributed by atoms with E-state index >= 15 is 0 Å². The van der Waals surface area contributed by atoms with Crippen molar-refractivity contribution in [3.05, 3.63) is 119 Å². The minimum Gasteiger partial charge on any atom is -0.166 e. The summed E-state index contributed by atoms with van der Waals surface area (Å²) < 4.78 is 165. The summed E-state index contributed by atoms with van der Waals surface area (Å²) in [6.07, 6.45) is -20.9. The maximum Gasteiger partial charge on any atom is 0.416 e.